The van der Waals surface area contributed by atoms with Crippen LogP contribution in [0.15, 0.2) is 60.9 Å². The van der Waals surface area contributed by atoms with E-state index < -0.39 is 4.92 Å². The molecule has 0 unspecified atom stereocenters. The fourth-order valence-corrected chi connectivity index (χ4v) is 2.63. The van der Waals surface area contributed by atoms with Gasteiger partial charge in [-0.05, 0) is 35.0 Å². The lowest BCUT2D eigenvalue weighted by Gasteiger charge is -2.02. The molecular formula is C18H15N7O3. The number of benzene rings is 2. The van der Waals surface area contributed by atoms with Crippen LogP contribution in [0.2, 0.25) is 0 Å². The summed E-state index contributed by atoms with van der Waals surface area (Å²) in [6.45, 7) is 0.359. The molecule has 0 saturated carbocycles. The Morgan fingerprint density at radius 1 is 1.11 bits per heavy atom. The molecule has 2 aromatic carbocycles. The van der Waals surface area contributed by atoms with Crippen molar-refractivity contribution in [3.05, 3.63) is 76.6 Å². The van der Waals surface area contributed by atoms with Crippen molar-refractivity contribution in [1.82, 2.24) is 30.0 Å². The molecule has 0 atom stereocenters. The van der Waals surface area contributed by atoms with E-state index in [4.69, 9.17) is 4.74 Å². The Morgan fingerprint density at radius 3 is 2.54 bits per heavy atom. The first kappa shape index (κ1) is 17.3. The summed E-state index contributed by atoms with van der Waals surface area (Å²) in [5.74, 6) is 1.22. The van der Waals surface area contributed by atoms with Gasteiger partial charge in [-0.1, -0.05) is 12.1 Å². The molecule has 4 rings (SSSR count). The Hall–Kier alpha value is -4.08. The minimum absolute atomic E-state index is 0.0435. The zero-order chi connectivity index (χ0) is 19.5. The first-order chi connectivity index (χ1) is 13.6. The molecule has 2 heterocycles. The van der Waals surface area contributed by atoms with Crippen LogP contribution >= 0.6 is 0 Å². The van der Waals surface area contributed by atoms with Crippen LogP contribution in [0.3, 0.4) is 0 Å². The van der Waals surface area contributed by atoms with E-state index in [9.17, 15) is 10.1 Å². The van der Waals surface area contributed by atoms with Crippen LogP contribution in [0.1, 0.15) is 5.56 Å². The number of nitrogens with zero attached hydrogens (tertiary/aromatic N) is 7. The van der Waals surface area contributed by atoms with Crippen molar-refractivity contribution in [1.29, 1.82) is 0 Å². The maximum absolute atomic E-state index is 10.7. The maximum atomic E-state index is 10.7. The number of tetrazole rings is 1. The van der Waals surface area contributed by atoms with Gasteiger partial charge >= 0.3 is 0 Å². The van der Waals surface area contributed by atoms with Gasteiger partial charge in [0.2, 0.25) is 5.82 Å². The number of non-ortho nitro benzene ring substituents is 1. The highest BCUT2D eigenvalue weighted by Gasteiger charge is 2.11. The van der Waals surface area contributed by atoms with Crippen molar-refractivity contribution in [2.24, 2.45) is 0 Å². The van der Waals surface area contributed by atoms with Crippen molar-refractivity contribution in [2.75, 3.05) is 7.11 Å². The topological polar surface area (TPSA) is 114 Å². The summed E-state index contributed by atoms with van der Waals surface area (Å²) in [4.78, 5) is 11.7. The normalized spacial score (nSPS) is 10.8. The van der Waals surface area contributed by atoms with Crippen molar-refractivity contribution >= 4 is 5.69 Å². The molecule has 0 radical (unpaired) electrons. The third-order valence-corrected chi connectivity index (χ3v) is 4.10. The van der Waals surface area contributed by atoms with Crippen LogP contribution in [0.4, 0.5) is 5.69 Å². The smallest absolute Gasteiger partial charge is 0.269 e. The van der Waals surface area contributed by atoms with E-state index in [2.05, 4.69) is 20.5 Å². The molecular weight excluding hydrogens is 362 g/mol. The standard InChI is InChI=1S/C18H15N7O3/c1-28-17-8-6-15(7-9-17)23-12-14(10-19-23)18-20-22-24(21-18)11-13-2-4-16(5-3-13)25(26)27/h2-10,12H,11H2,1H3. The van der Waals surface area contributed by atoms with Gasteiger partial charge in [-0.2, -0.15) is 9.90 Å². The molecule has 0 aliphatic carbocycles. The highest BCUT2D eigenvalue weighted by atomic mass is 16.6. The first-order valence-electron chi connectivity index (χ1n) is 8.33. The molecule has 10 nitrogen and oxygen atoms in total. The fourth-order valence-electron chi connectivity index (χ4n) is 2.63. The SMILES string of the molecule is COc1ccc(-n2cc(-c3nnn(Cc4ccc([N+](=O)[O-])cc4)n3)cn2)cc1. The third-order valence-electron chi connectivity index (χ3n) is 4.10. The van der Waals surface area contributed by atoms with Crippen LogP contribution in [0.25, 0.3) is 17.1 Å². The largest absolute Gasteiger partial charge is 0.497 e. The van der Waals surface area contributed by atoms with Gasteiger partial charge in [0.25, 0.3) is 5.69 Å². The van der Waals surface area contributed by atoms with E-state index in [1.807, 2.05) is 30.5 Å². The summed E-state index contributed by atoms with van der Waals surface area (Å²) in [6, 6.07) is 13.7. The predicted octanol–water partition coefficient (Wildman–Crippen LogP) is 2.49. The van der Waals surface area contributed by atoms with Gasteiger partial charge in [0, 0.05) is 18.3 Å². The summed E-state index contributed by atoms with van der Waals surface area (Å²) < 4.78 is 6.87. The molecule has 28 heavy (non-hydrogen) atoms. The molecule has 140 valence electrons. The number of hydrogen-bond donors (Lipinski definition) is 0. The second kappa shape index (κ2) is 7.27. The lowest BCUT2D eigenvalue weighted by molar-refractivity contribution is -0.384. The zero-order valence-electron chi connectivity index (χ0n) is 14.8. The average molecular weight is 377 g/mol. The Balaban J connectivity index is 1.49. The Labute approximate surface area is 159 Å². The minimum atomic E-state index is -0.434. The zero-order valence-corrected chi connectivity index (χ0v) is 14.8. The van der Waals surface area contributed by atoms with E-state index >= 15 is 0 Å². The number of nitro benzene ring substituents is 1. The van der Waals surface area contributed by atoms with E-state index in [1.165, 1.54) is 16.9 Å². The number of nitro groups is 1. The Morgan fingerprint density at radius 2 is 1.86 bits per heavy atom. The lowest BCUT2D eigenvalue weighted by Crippen LogP contribution is -2.04. The summed E-state index contributed by atoms with van der Waals surface area (Å²) in [5, 5.41) is 27.5. The quantitative estimate of drug-likeness (QED) is 0.374. The molecule has 0 N–H and O–H groups in total. The minimum Gasteiger partial charge on any atom is -0.497 e. The van der Waals surface area contributed by atoms with Crippen molar-refractivity contribution in [2.45, 2.75) is 6.54 Å². The molecule has 10 heteroatoms. The van der Waals surface area contributed by atoms with Crippen LogP contribution in [0, 0.1) is 10.1 Å². The number of rotatable bonds is 6. The number of ether oxygens (including phenoxy) is 1. The molecule has 0 bridgehead atoms. The Bertz CT molecular complexity index is 1100. The van der Waals surface area contributed by atoms with Crippen molar-refractivity contribution in [3.63, 3.8) is 0 Å². The van der Waals surface area contributed by atoms with E-state index in [0.29, 0.717) is 12.4 Å². The average Bonchev–Trinajstić information content (AvgIpc) is 3.38. The molecule has 0 aliphatic rings. The Kier molecular flexibility index (Phi) is 4.50. The number of aromatic nitrogens is 6. The van der Waals surface area contributed by atoms with Gasteiger partial charge in [0.1, 0.15) is 5.75 Å². The highest BCUT2D eigenvalue weighted by Crippen LogP contribution is 2.18. The molecule has 0 fully saturated rings. The predicted molar refractivity (Wildman–Crippen MR) is 99.1 cm³/mol. The van der Waals surface area contributed by atoms with Crippen LogP contribution in [0.5, 0.6) is 5.75 Å². The summed E-state index contributed by atoms with van der Waals surface area (Å²) in [5.41, 5.74) is 2.49. The molecule has 2 aromatic heterocycles. The second-order valence-electron chi connectivity index (χ2n) is 5.94. The van der Waals surface area contributed by atoms with E-state index in [-0.39, 0.29) is 5.69 Å². The van der Waals surface area contributed by atoms with Crippen LogP contribution in [-0.4, -0.2) is 42.0 Å². The van der Waals surface area contributed by atoms with Crippen LogP contribution < -0.4 is 4.74 Å². The van der Waals surface area contributed by atoms with E-state index in [0.717, 1.165) is 22.6 Å². The van der Waals surface area contributed by atoms with E-state index in [1.54, 1.807) is 30.1 Å². The molecule has 0 spiro atoms. The molecule has 4 aromatic rings. The number of hydrogen-bond acceptors (Lipinski definition) is 7. The van der Waals surface area contributed by atoms with Gasteiger partial charge < -0.3 is 4.74 Å². The van der Waals surface area contributed by atoms with Gasteiger partial charge in [-0.15, -0.1) is 10.2 Å². The summed E-state index contributed by atoms with van der Waals surface area (Å²) in [6.07, 6.45) is 3.48. The second-order valence-corrected chi connectivity index (χ2v) is 5.94. The fraction of sp³-hybridized carbons (Fsp3) is 0.111. The highest BCUT2D eigenvalue weighted by molar-refractivity contribution is 5.52. The molecule has 0 amide bonds. The summed E-state index contributed by atoms with van der Waals surface area (Å²) in [7, 11) is 1.62. The van der Waals surface area contributed by atoms with Gasteiger partial charge in [0.15, 0.2) is 0 Å². The molecule has 0 aliphatic heterocycles. The van der Waals surface area contributed by atoms with Gasteiger partial charge in [-0.25, -0.2) is 4.68 Å². The summed E-state index contributed by atoms with van der Waals surface area (Å²) >= 11 is 0. The molecule has 0 saturated heterocycles. The monoisotopic (exact) mass is 377 g/mol. The number of methoxy groups -OCH3 is 1. The third kappa shape index (κ3) is 3.56. The van der Waals surface area contributed by atoms with Gasteiger partial charge in [0.05, 0.1) is 36.0 Å². The van der Waals surface area contributed by atoms with Crippen molar-refractivity contribution in [3.8, 4) is 22.8 Å². The van der Waals surface area contributed by atoms with Crippen molar-refractivity contribution < 1.29 is 9.66 Å². The van der Waals surface area contributed by atoms with Crippen LogP contribution in [-0.2, 0) is 6.54 Å². The lowest BCUT2D eigenvalue weighted by atomic mass is 10.2. The first-order valence-corrected chi connectivity index (χ1v) is 8.33. The van der Waals surface area contributed by atoms with Gasteiger partial charge in [-0.3, -0.25) is 10.1 Å². The maximum Gasteiger partial charge on any atom is 0.269 e.